The van der Waals surface area contributed by atoms with Crippen LogP contribution in [0.25, 0.3) is 11.5 Å². The normalized spacial score (nSPS) is 13.7. The van der Waals surface area contributed by atoms with Crippen LogP contribution < -0.4 is 9.47 Å². The van der Waals surface area contributed by atoms with Gasteiger partial charge in [0.15, 0.2) is 0 Å². The lowest BCUT2D eigenvalue weighted by Gasteiger charge is -2.18. The molecule has 1 aliphatic rings. The summed E-state index contributed by atoms with van der Waals surface area (Å²) in [5.74, 6) is 3.42. The zero-order valence-electron chi connectivity index (χ0n) is 12.7. The molecule has 0 saturated carbocycles. The van der Waals surface area contributed by atoms with Crippen molar-refractivity contribution in [1.29, 1.82) is 0 Å². The molecule has 3 nitrogen and oxygen atoms in total. The van der Waals surface area contributed by atoms with Gasteiger partial charge in [-0.2, -0.15) is 0 Å². The highest BCUT2D eigenvalue weighted by Crippen LogP contribution is 2.31. The molecular weight excluding hydrogens is 276 g/mol. The summed E-state index contributed by atoms with van der Waals surface area (Å²) in [6, 6.07) is 15.7. The van der Waals surface area contributed by atoms with Crippen molar-refractivity contribution in [3.8, 4) is 11.5 Å². The van der Waals surface area contributed by atoms with Crippen molar-refractivity contribution >= 4 is 11.5 Å². The van der Waals surface area contributed by atoms with Crippen LogP contribution in [0.5, 0.6) is 11.5 Å². The molecule has 112 valence electrons. The molecule has 0 spiro atoms. The van der Waals surface area contributed by atoms with E-state index < -0.39 is 0 Å². The van der Waals surface area contributed by atoms with Gasteiger partial charge in [-0.15, -0.1) is 0 Å². The Morgan fingerprint density at radius 2 is 1.09 bits per heavy atom. The van der Waals surface area contributed by atoms with Crippen LogP contribution in [0.1, 0.15) is 17.5 Å². The van der Waals surface area contributed by atoms with Gasteiger partial charge >= 0.3 is 0 Å². The minimum atomic E-state index is 0.839. The van der Waals surface area contributed by atoms with Crippen LogP contribution in [0.4, 0.5) is 0 Å². The van der Waals surface area contributed by atoms with E-state index in [1.807, 2.05) is 48.5 Å². The van der Waals surface area contributed by atoms with Crippen molar-refractivity contribution in [3.05, 3.63) is 71.8 Å². The SMILES string of the molecule is COc1ccc(C2=CCC=C(c3ccc(OC)cc3)O2)cc1. The van der Waals surface area contributed by atoms with E-state index >= 15 is 0 Å². The van der Waals surface area contributed by atoms with Crippen LogP contribution in [0.3, 0.4) is 0 Å². The molecule has 0 atom stereocenters. The summed E-state index contributed by atoms with van der Waals surface area (Å²) < 4.78 is 16.4. The average molecular weight is 294 g/mol. The Bertz CT molecular complexity index is 633. The van der Waals surface area contributed by atoms with Gasteiger partial charge in [0.1, 0.15) is 23.0 Å². The van der Waals surface area contributed by atoms with Gasteiger partial charge in [-0.1, -0.05) is 0 Å². The molecule has 0 unspecified atom stereocenters. The maximum atomic E-state index is 6.05. The second kappa shape index (κ2) is 6.39. The second-order valence-corrected chi connectivity index (χ2v) is 4.93. The Labute approximate surface area is 130 Å². The molecular formula is C19H18O3. The van der Waals surface area contributed by atoms with Gasteiger partial charge in [-0.3, -0.25) is 0 Å². The van der Waals surface area contributed by atoms with Gasteiger partial charge in [0, 0.05) is 11.1 Å². The first-order chi connectivity index (χ1) is 10.8. The summed E-state index contributed by atoms with van der Waals surface area (Å²) in [7, 11) is 3.33. The van der Waals surface area contributed by atoms with E-state index in [2.05, 4.69) is 12.2 Å². The highest BCUT2D eigenvalue weighted by Gasteiger charge is 2.12. The first-order valence-corrected chi connectivity index (χ1v) is 7.17. The number of allylic oxidation sites excluding steroid dienone is 2. The lowest BCUT2D eigenvalue weighted by atomic mass is 10.1. The first kappa shape index (κ1) is 14.3. The van der Waals surface area contributed by atoms with Crippen LogP contribution in [-0.4, -0.2) is 14.2 Å². The first-order valence-electron chi connectivity index (χ1n) is 7.17. The maximum Gasteiger partial charge on any atom is 0.131 e. The Morgan fingerprint density at radius 3 is 1.45 bits per heavy atom. The molecule has 2 aromatic rings. The molecule has 0 radical (unpaired) electrons. The fourth-order valence-corrected chi connectivity index (χ4v) is 2.34. The Morgan fingerprint density at radius 1 is 0.682 bits per heavy atom. The zero-order chi connectivity index (χ0) is 15.4. The molecule has 0 saturated heterocycles. The highest BCUT2D eigenvalue weighted by molar-refractivity contribution is 5.72. The lowest BCUT2D eigenvalue weighted by molar-refractivity contribution is 0.414. The fourth-order valence-electron chi connectivity index (χ4n) is 2.34. The van der Waals surface area contributed by atoms with E-state index in [-0.39, 0.29) is 0 Å². The molecule has 3 rings (SSSR count). The van der Waals surface area contributed by atoms with Gasteiger partial charge in [0.2, 0.25) is 0 Å². The number of hydrogen-bond donors (Lipinski definition) is 0. The lowest BCUT2D eigenvalue weighted by Crippen LogP contribution is -1.98. The molecule has 3 heteroatoms. The van der Waals surface area contributed by atoms with Crippen LogP contribution in [-0.2, 0) is 4.74 Å². The smallest absolute Gasteiger partial charge is 0.131 e. The minimum Gasteiger partial charge on any atom is -0.497 e. The van der Waals surface area contributed by atoms with Gasteiger partial charge in [0.25, 0.3) is 0 Å². The highest BCUT2D eigenvalue weighted by atomic mass is 16.5. The Hall–Kier alpha value is -2.68. The molecule has 0 aliphatic carbocycles. The molecule has 0 aromatic heterocycles. The third-order valence-corrected chi connectivity index (χ3v) is 3.58. The van der Waals surface area contributed by atoms with Gasteiger partial charge in [-0.05, 0) is 67.1 Å². The van der Waals surface area contributed by atoms with Gasteiger partial charge < -0.3 is 14.2 Å². The predicted octanol–water partition coefficient (Wildman–Crippen LogP) is 4.51. The van der Waals surface area contributed by atoms with E-state index in [1.54, 1.807) is 14.2 Å². The second-order valence-electron chi connectivity index (χ2n) is 4.93. The van der Waals surface area contributed by atoms with E-state index in [1.165, 1.54) is 0 Å². The molecule has 0 N–H and O–H groups in total. The summed E-state index contributed by atoms with van der Waals surface area (Å²) in [5, 5.41) is 0. The van der Waals surface area contributed by atoms with Crippen molar-refractivity contribution in [2.24, 2.45) is 0 Å². The molecule has 0 fully saturated rings. The van der Waals surface area contributed by atoms with E-state index in [9.17, 15) is 0 Å². The van der Waals surface area contributed by atoms with Crippen LogP contribution in [0.2, 0.25) is 0 Å². The summed E-state index contributed by atoms with van der Waals surface area (Å²) in [4.78, 5) is 0. The van der Waals surface area contributed by atoms with Crippen molar-refractivity contribution in [2.45, 2.75) is 6.42 Å². The number of benzene rings is 2. The van der Waals surface area contributed by atoms with Crippen LogP contribution in [0.15, 0.2) is 60.7 Å². The topological polar surface area (TPSA) is 27.7 Å². The summed E-state index contributed by atoms with van der Waals surface area (Å²) in [6.07, 6.45) is 5.01. The Balaban J connectivity index is 1.78. The van der Waals surface area contributed by atoms with Gasteiger partial charge in [-0.25, -0.2) is 0 Å². The molecule has 0 amide bonds. The maximum absolute atomic E-state index is 6.05. The largest absolute Gasteiger partial charge is 0.497 e. The van der Waals surface area contributed by atoms with E-state index in [0.29, 0.717) is 0 Å². The standard InChI is InChI=1S/C19H18O3/c1-20-16-10-6-14(7-11-16)18-4-3-5-19(22-18)15-8-12-17(21-2)13-9-15/h4-13H,3H2,1-2H3. The summed E-state index contributed by atoms with van der Waals surface area (Å²) in [5.41, 5.74) is 2.08. The fraction of sp³-hybridized carbons (Fsp3) is 0.158. The number of rotatable bonds is 4. The molecule has 1 heterocycles. The molecule has 0 bridgehead atoms. The third kappa shape index (κ3) is 2.98. The quantitative estimate of drug-likeness (QED) is 0.830. The van der Waals surface area contributed by atoms with Crippen LogP contribution >= 0.6 is 0 Å². The van der Waals surface area contributed by atoms with E-state index in [0.717, 1.165) is 40.6 Å². The van der Waals surface area contributed by atoms with E-state index in [4.69, 9.17) is 14.2 Å². The van der Waals surface area contributed by atoms with Crippen LogP contribution in [0, 0.1) is 0 Å². The molecule has 2 aromatic carbocycles. The number of hydrogen-bond acceptors (Lipinski definition) is 3. The summed E-state index contributed by atoms with van der Waals surface area (Å²) >= 11 is 0. The molecule has 22 heavy (non-hydrogen) atoms. The van der Waals surface area contributed by atoms with Crippen molar-refractivity contribution in [1.82, 2.24) is 0 Å². The van der Waals surface area contributed by atoms with Crippen molar-refractivity contribution < 1.29 is 14.2 Å². The van der Waals surface area contributed by atoms with Crippen molar-refractivity contribution in [2.75, 3.05) is 14.2 Å². The third-order valence-electron chi connectivity index (χ3n) is 3.58. The summed E-state index contributed by atoms with van der Waals surface area (Å²) in [6.45, 7) is 0. The van der Waals surface area contributed by atoms with Crippen molar-refractivity contribution in [3.63, 3.8) is 0 Å². The van der Waals surface area contributed by atoms with Gasteiger partial charge in [0.05, 0.1) is 14.2 Å². The monoisotopic (exact) mass is 294 g/mol. The zero-order valence-corrected chi connectivity index (χ0v) is 12.7. The predicted molar refractivity (Wildman–Crippen MR) is 87.6 cm³/mol. The number of ether oxygens (including phenoxy) is 3. The molecule has 1 aliphatic heterocycles. The number of methoxy groups -OCH3 is 2. The average Bonchev–Trinajstić information content (AvgIpc) is 2.62. The Kier molecular flexibility index (Phi) is 4.15. The minimum absolute atomic E-state index is 0.839.